The lowest BCUT2D eigenvalue weighted by Gasteiger charge is -2.09. The summed E-state index contributed by atoms with van der Waals surface area (Å²) in [6, 6.07) is 17.0. The summed E-state index contributed by atoms with van der Waals surface area (Å²) >= 11 is 1.73. The van der Waals surface area contributed by atoms with Gasteiger partial charge in [-0.25, -0.2) is 9.78 Å². The molecule has 0 fully saturated rings. The van der Waals surface area contributed by atoms with Gasteiger partial charge in [0, 0.05) is 33.8 Å². The normalized spacial score (nSPS) is 11.0. The summed E-state index contributed by atoms with van der Waals surface area (Å²) in [7, 11) is 0. The van der Waals surface area contributed by atoms with Gasteiger partial charge in [0.05, 0.1) is 5.52 Å². The van der Waals surface area contributed by atoms with Crippen LogP contribution in [0.2, 0.25) is 0 Å². The van der Waals surface area contributed by atoms with Gasteiger partial charge in [0.1, 0.15) is 5.69 Å². The van der Waals surface area contributed by atoms with E-state index in [9.17, 15) is 9.59 Å². The lowest BCUT2D eigenvalue weighted by molar-refractivity contribution is 0.0469. The van der Waals surface area contributed by atoms with Gasteiger partial charge in [-0.2, -0.15) is 0 Å². The highest BCUT2D eigenvalue weighted by atomic mass is 32.1. The quantitative estimate of drug-likeness (QED) is 0.313. The van der Waals surface area contributed by atoms with Gasteiger partial charge in [0.2, 0.25) is 5.78 Å². The first-order valence-corrected chi connectivity index (χ1v) is 10.7. The molecule has 0 spiro atoms. The van der Waals surface area contributed by atoms with Gasteiger partial charge in [-0.1, -0.05) is 30.3 Å². The second-order valence-electron chi connectivity index (χ2n) is 7.15. The molecule has 0 saturated heterocycles. The van der Waals surface area contributed by atoms with Crippen molar-refractivity contribution < 1.29 is 14.3 Å². The average Bonchev–Trinajstić information content (AvgIpc) is 3.38. The van der Waals surface area contributed by atoms with Crippen LogP contribution in [0.1, 0.15) is 37.1 Å². The predicted molar refractivity (Wildman–Crippen MR) is 118 cm³/mol. The molecule has 3 aromatic heterocycles. The number of ether oxygens (including phenoxy) is 1. The van der Waals surface area contributed by atoms with E-state index >= 15 is 0 Å². The van der Waals surface area contributed by atoms with Gasteiger partial charge in [-0.15, -0.1) is 11.3 Å². The van der Waals surface area contributed by atoms with Gasteiger partial charge < -0.3 is 9.30 Å². The summed E-state index contributed by atoms with van der Waals surface area (Å²) < 4.78 is 7.40. The molecule has 30 heavy (non-hydrogen) atoms. The van der Waals surface area contributed by atoms with Gasteiger partial charge >= 0.3 is 5.97 Å². The van der Waals surface area contributed by atoms with Crippen molar-refractivity contribution in [1.82, 2.24) is 9.55 Å². The average molecular weight is 419 g/mol. The molecule has 4 aromatic rings. The third-order valence-corrected chi connectivity index (χ3v) is 6.11. The number of rotatable bonds is 7. The molecule has 6 heteroatoms. The third kappa shape index (κ3) is 4.19. The van der Waals surface area contributed by atoms with E-state index in [0.717, 1.165) is 29.7 Å². The number of nitrogens with zero attached hydrogens (tertiary/aromatic N) is 2. The summed E-state index contributed by atoms with van der Waals surface area (Å²) in [6.45, 7) is 4.43. The largest absolute Gasteiger partial charge is 0.453 e. The van der Waals surface area contributed by atoms with Crippen LogP contribution in [0.15, 0.2) is 60.0 Å². The number of benzene rings is 1. The fraction of sp³-hybridized carbons (Fsp3) is 0.208. The number of hydrogen-bond acceptors (Lipinski definition) is 5. The summed E-state index contributed by atoms with van der Waals surface area (Å²) in [5.41, 5.74) is 3.43. The number of carbonyl (C=O) groups is 2. The maximum absolute atomic E-state index is 12.7. The zero-order valence-electron chi connectivity index (χ0n) is 16.9. The van der Waals surface area contributed by atoms with Crippen LogP contribution in [-0.4, -0.2) is 27.9 Å². The van der Waals surface area contributed by atoms with E-state index in [4.69, 9.17) is 4.74 Å². The van der Waals surface area contributed by atoms with Crippen molar-refractivity contribution in [2.75, 3.05) is 6.61 Å². The highest BCUT2D eigenvalue weighted by molar-refractivity contribution is 7.09. The first kappa shape index (κ1) is 20.0. The number of ketones is 1. The molecule has 152 valence electrons. The van der Waals surface area contributed by atoms with Crippen LogP contribution in [-0.2, 0) is 17.7 Å². The van der Waals surface area contributed by atoms with Crippen LogP contribution in [0.4, 0.5) is 0 Å². The number of para-hydroxylation sites is 1. The second-order valence-corrected chi connectivity index (χ2v) is 8.19. The Bertz CT molecular complexity index is 1210. The number of pyridine rings is 1. The van der Waals surface area contributed by atoms with Gasteiger partial charge in [0.15, 0.2) is 6.61 Å². The molecule has 0 aliphatic carbocycles. The molecule has 0 radical (unpaired) electrons. The molecule has 0 atom stereocenters. The number of hydrogen-bond donors (Lipinski definition) is 0. The lowest BCUT2D eigenvalue weighted by Crippen LogP contribution is -2.16. The highest BCUT2D eigenvalue weighted by Crippen LogP contribution is 2.19. The Hall–Kier alpha value is -3.25. The van der Waals surface area contributed by atoms with E-state index in [0.29, 0.717) is 11.1 Å². The van der Waals surface area contributed by atoms with E-state index in [1.54, 1.807) is 17.4 Å². The van der Waals surface area contributed by atoms with Gasteiger partial charge in [-0.05, 0) is 49.9 Å². The van der Waals surface area contributed by atoms with Crippen molar-refractivity contribution in [3.63, 3.8) is 0 Å². The third-order valence-electron chi connectivity index (χ3n) is 5.18. The fourth-order valence-electron chi connectivity index (χ4n) is 3.57. The zero-order valence-corrected chi connectivity index (χ0v) is 17.7. The number of fused-ring (bicyclic) bond motifs is 1. The molecule has 5 nitrogen and oxygen atoms in total. The molecule has 0 amide bonds. The van der Waals surface area contributed by atoms with Crippen molar-refractivity contribution in [3.05, 3.63) is 87.5 Å². The van der Waals surface area contributed by atoms with Crippen LogP contribution in [0.3, 0.4) is 0 Å². The Kier molecular flexibility index (Phi) is 5.77. The van der Waals surface area contributed by atoms with E-state index < -0.39 is 5.97 Å². The highest BCUT2D eigenvalue weighted by Gasteiger charge is 2.18. The number of Topliss-reactive ketones (excluding diaryl/α,β-unsaturated/α-hetero) is 1. The van der Waals surface area contributed by atoms with Gasteiger partial charge in [-0.3, -0.25) is 4.79 Å². The number of aryl methyl sites for hydroxylation is 2. The first-order valence-electron chi connectivity index (χ1n) is 9.78. The molecule has 4 rings (SSSR count). The van der Waals surface area contributed by atoms with E-state index in [2.05, 4.69) is 21.0 Å². The Balaban J connectivity index is 1.41. The molecule has 0 saturated carbocycles. The number of thiophene rings is 1. The zero-order chi connectivity index (χ0) is 21.1. The Morgan fingerprint density at radius 3 is 2.70 bits per heavy atom. The molecular weight excluding hydrogens is 396 g/mol. The van der Waals surface area contributed by atoms with Crippen molar-refractivity contribution in [3.8, 4) is 0 Å². The molecule has 0 aliphatic rings. The molecule has 3 heterocycles. The maximum Gasteiger partial charge on any atom is 0.357 e. The van der Waals surface area contributed by atoms with Crippen LogP contribution in [0.25, 0.3) is 10.9 Å². The molecule has 0 aliphatic heterocycles. The summed E-state index contributed by atoms with van der Waals surface area (Å²) in [5.74, 6) is -0.805. The standard InChI is InChI=1S/C24H22N2O3S/c1-16-14-20(17(2)26(16)12-11-19-7-5-13-30-19)23(27)15-29-24(28)22-10-9-18-6-3-4-8-21(18)25-22/h3-10,13-14H,11-12,15H2,1-2H3. The van der Waals surface area contributed by atoms with Crippen molar-refractivity contribution in [2.24, 2.45) is 0 Å². The molecule has 0 bridgehead atoms. The number of esters is 1. The minimum atomic E-state index is -0.597. The predicted octanol–water partition coefficient (Wildman–Crippen LogP) is 5.00. The minimum absolute atomic E-state index is 0.197. The molecule has 1 aromatic carbocycles. The van der Waals surface area contributed by atoms with Crippen molar-refractivity contribution in [2.45, 2.75) is 26.8 Å². The van der Waals surface area contributed by atoms with E-state index in [1.807, 2.05) is 56.3 Å². The van der Waals surface area contributed by atoms with Crippen LogP contribution in [0.5, 0.6) is 0 Å². The molecule has 0 N–H and O–H groups in total. The first-order chi connectivity index (χ1) is 14.5. The topological polar surface area (TPSA) is 61.2 Å². The van der Waals surface area contributed by atoms with Crippen molar-refractivity contribution in [1.29, 1.82) is 0 Å². The smallest absolute Gasteiger partial charge is 0.357 e. The minimum Gasteiger partial charge on any atom is -0.453 e. The number of carbonyl (C=O) groups excluding carboxylic acids is 2. The lowest BCUT2D eigenvalue weighted by atomic mass is 10.1. The Labute approximate surface area is 178 Å². The van der Waals surface area contributed by atoms with Crippen LogP contribution < -0.4 is 0 Å². The number of aromatic nitrogens is 2. The second kappa shape index (κ2) is 8.63. The van der Waals surface area contributed by atoms with Crippen LogP contribution >= 0.6 is 11.3 Å². The maximum atomic E-state index is 12.7. The molecule has 0 unspecified atom stereocenters. The van der Waals surface area contributed by atoms with Crippen LogP contribution in [0, 0.1) is 13.8 Å². The summed E-state index contributed by atoms with van der Waals surface area (Å²) in [5, 5.41) is 3.01. The van der Waals surface area contributed by atoms with E-state index in [-0.39, 0.29) is 18.1 Å². The Morgan fingerprint density at radius 1 is 1.07 bits per heavy atom. The SMILES string of the molecule is Cc1cc(C(=O)COC(=O)c2ccc3ccccc3n2)c(C)n1CCc1cccs1. The Morgan fingerprint density at radius 2 is 1.90 bits per heavy atom. The van der Waals surface area contributed by atoms with E-state index in [1.165, 1.54) is 4.88 Å². The fourth-order valence-corrected chi connectivity index (χ4v) is 4.27. The summed E-state index contributed by atoms with van der Waals surface area (Å²) in [6.07, 6.45) is 0.921. The van der Waals surface area contributed by atoms with Crippen molar-refractivity contribution >= 4 is 34.0 Å². The monoisotopic (exact) mass is 418 g/mol. The molecular formula is C24H22N2O3S. The summed E-state index contributed by atoms with van der Waals surface area (Å²) in [4.78, 5) is 30.7. The van der Waals surface area contributed by atoms with Gasteiger partial charge in [0.25, 0.3) is 0 Å².